The normalized spacial score (nSPS) is 16.4. The van der Waals surface area contributed by atoms with E-state index in [1.165, 1.54) is 0 Å². The first kappa shape index (κ1) is 17.6. The summed E-state index contributed by atoms with van der Waals surface area (Å²) in [5.41, 5.74) is 0. The number of nitrogens with one attached hydrogen (secondary N) is 1. The van der Waals surface area contributed by atoms with Crippen LogP contribution in [0.25, 0.3) is 0 Å². The van der Waals surface area contributed by atoms with Crippen LogP contribution in [0.2, 0.25) is 0 Å². The van der Waals surface area contributed by atoms with Crippen molar-refractivity contribution in [1.82, 2.24) is 24.7 Å². The van der Waals surface area contributed by atoms with Crippen LogP contribution in [0.3, 0.4) is 0 Å². The molecule has 24 heavy (non-hydrogen) atoms. The molecule has 8 heteroatoms. The maximum absolute atomic E-state index is 12.1. The largest absolute Gasteiger partial charge is 0.350 e. The molecular formula is C16H22BrN5OS. The summed E-state index contributed by atoms with van der Waals surface area (Å²) in [6.45, 7) is 5.73. The van der Waals surface area contributed by atoms with Gasteiger partial charge in [0.15, 0.2) is 0 Å². The SMILES string of the molecule is Cn1ccnc1CN1CCN(CC(=O)NCc2cc(Br)cs2)CC1. The molecule has 2 aromatic heterocycles. The van der Waals surface area contributed by atoms with E-state index in [1.54, 1.807) is 11.3 Å². The number of imidazole rings is 1. The van der Waals surface area contributed by atoms with Crippen LogP contribution in [-0.4, -0.2) is 58.0 Å². The molecule has 0 aliphatic carbocycles. The van der Waals surface area contributed by atoms with Crippen LogP contribution < -0.4 is 5.32 Å². The highest BCUT2D eigenvalue weighted by Gasteiger charge is 2.19. The molecule has 0 aromatic carbocycles. The van der Waals surface area contributed by atoms with Gasteiger partial charge in [0.2, 0.25) is 5.91 Å². The standard InChI is InChI=1S/C16H22BrN5OS/c1-20-3-2-18-15(20)10-21-4-6-22(7-5-21)11-16(23)19-9-14-8-13(17)12-24-14/h2-3,8,12H,4-7,9-11H2,1H3,(H,19,23). The van der Waals surface area contributed by atoms with E-state index in [-0.39, 0.29) is 5.91 Å². The summed E-state index contributed by atoms with van der Waals surface area (Å²) in [6.07, 6.45) is 3.81. The van der Waals surface area contributed by atoms with Crippen LogP contribution in [-0.2, 0) is 24.9 Å². The number of amides is 1. The van der Waals surface area contributed by atoms with Gasteiger partial charge in [-0.1, -0.05) is 0 Å². The van der Waals surface area contributed by atoms with Crippen LogP contribution in [0.15, 0.2) is 28.3 Å². The van der Waals surface area contributed by atoms with Gasteiger partial charge in [-0.25, -0.2) is 4.98 Å². The Bertz CT molecular complexity index is 678. The molecule has 1 aliphatic heterocycles. The Morgan fingerprint density at radius 1 is 1.33 bits per heavy atom. The highest BCUT2D eigenvalue weighted by Crippen LogP contribution is 2.19. The van der Waals surface area contributed by atoms with Crippen molar-refractivity contribution < 1.29 is 4.79 Å². The molecule has 0 unspecified atom stereocenters. The number of rotatable bonds is 6. The lowest BCUT2D eigenvalue weighted by atomic mass is 10.3. The molecule has 0 spiro atoms. The number of carbonyl (C=O) groups is 1. The summed E-state index contributed by atoms with van der Waals surface area (Å²) in [5, 5.41) is 5.03. The van der Waals surface area contributed by atoms with Crippen molar-refractivity contribution in [2.24, 2.45) is 7.05 Å². The maximum Gasteiger partial charge on any atom is 0.234 e. The summed E-state index contributed by atoms with van der Waals surface area (Å²) < 4.78 is 3.13. The van der Waals surface area contributed by atoms with E-state index in [9.17, 15) is 4.79 Å². The Balaban J connectivity index is 1.37. The summed E-state index contributed by atoms with van der Waals surface area (Å²) in [5.74, 6) is 1.18. The number of hydrogen-bond acceptors (Lipinski definition) is 5. The first-order chi connectivity index (χ1) is 11.6. The molecule has 130 valence electrons. The van der Waals surface area contributed by atoms with Gasteiger partial charge in [0.05, 0.1) is 19.6 Å². The molecule has 2 aromatic rings. The fourth-order valence-corrected chi connectivity index (χ4v) is 4.14. The second-order valence-corrected chi connectivity index (χ2v) is 7.93. The average molecular weight is 412 g/mol. The van der Waals surface area contributed by atoms with Gasteiger partial charge in [-0.05, 0) is 22.0 Å². The number of halogens is 1. The molecule has 1 fully saturated rings. The number of piperazine rings is 1. The molecule has 1 aliphatic rings. The number of thiophene rings is 1. The van der Waals surface area contributed by atoms with Crippen LogP contribution in [0.1, 0.15) is 10.7 Å². The molecule has 3 heterocycles. The Morgan fingerprint density at radius 2 is 2.08 bits per heavy atom. The van der Waals surface area contributed by atoms with Gasteiger partial charge >= 0.3 is 0 Å². The topological polar surface area (TPSA) is 53.4 Å². The first-order valence-electron chi connectivity index (χ1n) is 8.00. The molecule has 1 amide bonds. The van der Waals surface area contributed by atoms with E-state index in [4.69, 9.17) is 0 Å². The van der Waals surface area contributed by atoms with Gasteiger partial charge in [0.1, 0.15) is 5.82 Å². The Morgan fingerprint density at radius 3 is 2.71 bits per heavy atom. The van der Waals surface area contributed by atoms with Gasteiger partial charge in [0.25, 0.3) is 0 Å². The predicted octanol–water partition coefficient (Wildman–Crippen LogP) is 1.68. The van der Waals surface area contributed by atoms with E-state index >= 15 is 0 Å². The van der Waals surface area contributed by atoms with Crippen molar-refractivity contribution in [3.05, 3.63) is 39.0 Å². The number of hydrogen-bond donors (Lipinski definition) is 1. The van der Waals surface area contributed by atoms with Crippen LogP contribution in [0.4, 0.5) is 0 Å². The quantitative estimate of drug-likeness (QED) is 0.785. The molecule has 0 radical (unpaired) electrons. The van der Waals surface area contributed by atoms with Crippen LogP contribution in [0.5, 0.6) is 0 Å². The number of aromatic nitrogens is 2. The van der Waals surface area contributed by atoms with Crippen molar-refractivity contribution in [3.63, 3.8) is 0 Å². The highest BCUT2D eigenvalue weighted by molar-refractivity contribution is 9.10. The van der Waals surface area contributed by atoms with E-state index in [1.807, 2.05) is 30.9 Å². The zero-order valence-corrected chi connectivity index (χ0v) is 16.1. The third-order valence-electron chi connectivity index (χ3n) is 4.20. The smallest absolute Gasteiger partial charge is 0.234 e. The van der Waals surface area contributed by atoms with E-state index in [2.05, 4.69) is 40.6 Å². The van der Waals surface area contributed by atoms with Crippen molar-refractivity contribution in [3.8, 4) is 0 Å². The molecule has 6 nitrogen and oxygen atoms in total. The fourth-order valence-electron chi connectivity index (χ4n) is 2.75. The molecule has 0 saturated carbocycles. The third kappa shape index (κ3) is 4.89. The maximum atomic E-state index is 12.1. The van der Waals surface area contributed by atoms with Crippen LogP contribution in [0, 0.1) is 0 Å². The first-order valence-corrected chi connectivity index (χ1v) is 9.68. The lowest BCUT2D eigenvalue weighted by molar-refractivity contribution is -0.122. The second kappa shape index (κ2) is 8.24. The van der Waals surface area contributed by atoms with Gasteiger partial charge in [-0.2, -0.15) is 0 Å². The molecule has 1 saturated heterocycles. The zero-order chi connectivity index (χ0) is 16.9. The molecular weight excluding hydrogens is 390 g/mol. The van der Waals surface area contributed by atoms with Crippen molar-refractivity contribution >= 4 is 33.2 Å². The third-order valence-corrected chi connectivity index (χ3v) is 5.90. The van der Waals surface area contributed by atoms with E-state index < -0.39 is 0 Å². The van der Waals surface area contributed by atoms with Crippen molar-refractivity contribution in [2.75, 3.05) is 32.7 Å². The number of nitrogens with zero attached hydrogens (tertiary/aromatic N) is 4. The van der Waals surface area contributed by atoms with Gasteiger partial charge in [-0.15, -0.1) is 11.3 Å². The predicted molar refractivity (Wildman–Crippen MR) is 98.8 cm³/mol. The minimum Gasteiger partial charge on any atom is -0.350 e. The lowest BCUT2D eigenvalue weighted by Gasteiger charge is -2.34. The lowest BCUT2D eigenvalue weighted by Crippen LogP contribution is -2.49. The summed E-state index contributed by atoms with van der Waals surface area (Å²) in [7, 11) is 2.02. The Kier molecular flexibility index (Phi) is 6.04. The van der Waals surface area contributed by atoms with E-state index in [0.29, 0.717) is 13.1 Å². The van der Waals surface area contributed by atoms with Crippen LogP contribution >= 0.6 is 27.3 Å². The van der Waals surface area contributed by atoms with Crippen molar-refractivity contribution in [1.29, 1.82) is 0 Å². The molecule has 0 atom stereocenters. The van der Waals surface area contributed by atoms with Crippen molar-refractivity contribution in [2.45, 2.75) is 13.1 Å². The average Bonchev–Trinajstić information content (AvgIpc) is 3.16. The molecule has 3 rings (SSSR count). The molecule has 1 N–H and O–H groups in total. The van der Waals surface area contributed by atoms with Gasteiger partial charge in [0, 0.05) is 60.4 Å². The summed E-state index contributed by atoms with van der Waals surface area (Å²) in [4.78, 5) is 22.2. The number of carbonyl (C=O) groups excluding carboxylic acids is 1. The Labute approximate surface area is 154 Å². The number of aryl methyl sites for hydroxylation is 1. The Hall–Kier alpha value is -1.22. The fraction of sp³-hybridized carbons (Fsp3) is 0.500. The van der Waals surface area contributed by atoms with Gasteiger partial charge in [-0.3, -0.25) is 14.6 Å². The minimum atomic E-state index is 0.0945. The summed E-state index contributed by atoms with van der Waals surface area (Å²) in [6, 6.07) is 2.04. The second-order valence-electron chi connectivity index (χ2n) is 6.01. The highest BCUT2D eigenvalue weighted by atomic mass is 79.9. The van der Waals surface area contributed by atoms with E-state index in [0.717, 1.165) is 47.9 Å². The zero-order valence-electron chi connectivity index (χ0n) is 13.7. The minimum absolute atomic E-state index is 0.0945. The monoisotopic (exact) mass is 411 g/mol. The molecule has 0 bridgehead atoms. The summed E-state index contributed by atoms with van der Waals surface area (Å²) >= 11 is 5.08. The van der Waals surface area contributed by atoms with Gasteiger partial charge < -0.3 is 9.88 Å².